The van der Waals surface area contributed by atoms with Crippen molar-refractivity contribution < 1.29 is 8.42 Å². The van der Waals surface area contributed by atoms with E-state index >= 15 is 0 Å². The van der Waals surface area contributed by atoms with Crippen LogP contribution in [0.1, 0.15) is 19.4 Å². The second-order valence-electron chi connectivity index (χ2n) is 9.44. The minimum atomic E-state index is -3.36. The van der Waals surface area contributed by atoms with Gasteiger partial charge in [-0.1, -0.05) is 36.4 Å². The molecule has 0 aliphatic carbocycles. The zero-order chi connectivity index (χ0) is 26.2. The van der Waals surface area contributed by atoms with Crippen LogP contribution in [0, 0.1) is 0 Å². The molecular formula is C30H27N3O2S2. The number of pyridine rings is 1. The van der Waals surface area contributed by atoms with Crippen LogP contribution >= 0.6 is 11.8 Å². The molecule has 3 aromatic carbocycles. The zero-order valence-electron chi connectivity index (χ0n) is 21.1. The third-order valence-electron chi connectivity index (χ3n) is 6.84. The molecule has 0 atom stereocenters. The summed E-state index contributed by atoms with van der Waals surface area (Å²) in [6.07, 6.45) is 8.50. The monoisotopic (exact) mass is 525 g/mol. The van der Waals surface area contributed by atoms with Crippen LogP contribution in [-0.2, 0) is 14.6 Å². The van der Waals surface area contributed by atoms with Gasteiger partial charge in [-0.15, -0.1) is 11.8 Å². The number of fused-ring (bicyclic) bond motifs is 1. The fourth-order valence-corrected chi connectivity index (χ4v) is 5.27. The summed E-state index contributed by atoms with van der Waals surface area (Å²) in [5.41, 5.74) is 6.86. The second-order valence-corrected chi connectivity index (χ2v) is 12.9. The largest absolute Gasteiger partial charge is 0.256 e. The van der Waals surface area contributed by atoms with Gasteiger partial charge in [-0.2, -0.15) is 0 Å². The van der Waals surface area contributed by atoms with Crippen LogP contribution in [0.2, 0.25) is 0 Å². The molecular weight excluding hydrogens is 498 g/mol. The topological polar surface area (TPSA) is 72.8 Å². The first-order valence-corrected chi connectivity index (χ1v) is 15.0. The molecule has 0 aliphatic heterocycles. The van der Waals surface area contributed by atoms with Gasteiger partial charge in [0.25, 0.3) is 0 Å². The van der Waals surface area contributed by atoms with E-state index < -0.39 is 14.6 Å². The third kappa shape index (κ3) is 4.77. The van der Waals surface area contributed by atoms with E-state index in [1.807, 2.05) is 42.5 Å². The van der Waals surface area contributed by atoms with E-state index in [2.05, 4.69) is 46.6 Å². The predicted molar refractivity (Wildman–Crippen MR) is 153 cm³/mol. The first-order chi connectivity index (χ1) is 17.7. The van der Waals surface area contributed by atoms with E-state index in [1.54, 1.807) is 44.2 Å². The summed E-state index contributed by atoms with van der Waals surface area (Å²) >= 11 is 1.70. The smallest absolute Gasteiger partial charge is 0.156 e. The minimum absolute atomic E-state index is 0.727. The highest BCUT2D eigenvalue weighted by Crippen LogP contribution is 2.38. The normalized spacial score (nSPS) is 12.1. The molecule has 0 saturated heterocycles. The highest BCUT2D eigenvalue weighted by atomic mass is 32.2. The van der Waals surface area contributed by atoms with E-state index in [-0.39, 0.29) is 0 Å². The summed E-state index contributed by atoms with van der Waals surface area (Å²) < 4.78 is 24.3. The number of aromatic nitrogens is 3. The second kappa shape index (κ2) is 9.72. The van der Waals surface area contributed by atoms with Crippen molar-refractivity contribution >= 4 is 32.5 Å². The molecule has 5 rings (SSSR count). The molecule has 0 N–H and O–H groups in total. The Morgan fingerprint density at radius 1 is 0.730 bits per heavy atom. The number of hydrogen-bond donors (Lipinski definition) is 0. The van der Waals surface area contributed by atoms with Gasteiger partial charge in [0.15, 0.2) is 9.84 Å². The van der Waals surface area contributed by atoms with Gasteiger partial charge in [-0.05, 0) is 67.6 Å². The summed E-state index contributed by atoms with van der Waals surface area (Å²) in [5.74, 6) is 0. The van der Waals surface area contributed by atoms with Crippen LogP contribution in [0.3, 0.4) is 0 Å². The predicted octanol–water partition coefficient (Wildman–Crippen LogP) is 7.03. The van der Waals surface area contributed by atoms with Crippen molar-refractivity contribution in [1.29, 1.82) is 0 Å². The third-order valence-corrected chi connectivity index (χ3v) is 9.67. The highest BCUT2D eigenvalue weighted by molar-refractivity contribution is 7.98. The molecule has 0 saturated carbocycles. The van der Waals surface area contributed by atoms with Crippen LogP contribution in [0.5, 0.6) is 0 Å². The average Bonchev–Trinajstić information content (AvgIpc) is 2.92. The molecule has 0 fully saturated rings. The maximum Gasteiger partial charge on any atom is 0.156 e. The van der Waals surface area contributed by atoms with Crippen LogP contribution in [0.4, 0.5) is 0 Å². The molecule has 2 heterocycles. The number of benzene rings is 3. The van der Waals surface area contributed by atoms with Crippen molar-refractivity contribution in [3.8, 4) is 33.6 Å². The Morgan fingerprint density at radius 2 is 1.41 bits per heavy atom. The van der Waals surface area contributed by atoms with Gasteiger partial charge in [0, 0.05) is 51.8 Å². The average molecular weight is 526 g/mol. The lowest BCUT2D eigenvalue weighted by molar-refractivity contribution is 0.561. The van der Waals surface area contributed by atoms with Gasteiger partial charge >= 0.3 is 0 Å². The van der Waals surface area contributed by atoms with E-state index in [9.17, 15) is 8.42 Å². The molecule has 5 aromatic rings. The van der Waals surface area contributed by atoms with Gasteiger partial charge < -0.3 is 0 Å². The Bertz CT molecular complexity index is 1710. The Hall–Kier alpha value is -3.55. The lowest BCUT2D eigenvalue weighted by atomic mass is 9.92. The number of nitrogens with zero attached hydrogens (tertiary/aromatic N) is 3. The minimum Gasteiger partial charge on any atom is -0.256 e. The molecule has 0 bridgehead atoms. The lowest BCUT2D eigenvalue weighted by Gasteiger charge is -2.24. The first-order valence-electron chi connectivity index (χ1n) is 11.8. The summed E-state index contributed by atoms with van der Waals surface area (Å²) in [5, 5.41) is 0.895. The Kier molecular flexibility index (Phi) is 6.60. The summed E-state index contributed by atoms with van der Waals surface area (Å²) in [4.78, 5) is 15.2. The van der Waals surface area contributed by atoms with Gasteiger partial charge in [-0.25, -0.2) is 8.42 Å². The van der Waals surface area contributed by atoms with Crippen molar-refractivity contribution in [3.63, 3.8) is 0 Å². The number of hydrogen-bond acceptors (Lipinski definition) is 6. The molecule has 0 unspecified atom stereocenters. The Balaban J connectivity index is 1.68. The summed E-state index contributed by atoms with van der Waals surface area (Å²) in [7, 11) is -3.36. The Morgan fingerprint density at radius 3 is 2.08 bits per heavy atom. The molecule has 5 nitrogen and oxygen atoms in total. The molecule has 0 radical (unpaired) electrons. The quantitative estimate of drug-likeness (QED) is 0.222. The maximum absolute atomic E-state index is 12.7. The fraction of sp³-hybridized carbons (Fsp3) is 0.167. The fourth-order valence-electron chi connectivity index (χ4n) is 4.32. The molecule has 0 spiro atoms. The summed E-state index contributed by atoms with van der Waals surface area (Å²) in [6, 6.07) is 24.1. The highest BCUT2D eigenvalue weighted by Gasteiger charge is 2.33. The standard InChI is InChI=1S/C30H27N3O2S2/c1-30(2,37(4,34)35)24-18-23-9-6-14-31-27(23)26(19-24)21-7-5-8-22(17-21)29-28(32-15-16-33-29)20-10-12-25(36-3)13-11-20/h5-19H,1-4H3. The molecule has 7 heteroatoms. The molecule has 37 heavy (non-hydrogen) atoms. The van der Waals surface area contributed by atoms with Crippen molar-refractivity contribution in [2.24, 2.45) is 0 Å². The van der Waals surface area contributed by atoms with Crippen molar-refractivity contribution in [2.75, 3.05) is 12.5 Å². The van der Waals surface area contributed by atoms with E-state index in [0.29, 0.717) is 0 Å². The number of thioether (sulfide) groups is 1. The van der Waals surface area contributed by atoms with Gasteiger partial charge in [0.1, 0.15) is 0 Å². The Labute approximate surface area is 222 Å². The van der Waals surface area contributed by atoms with Crippen LogP contribution in [-0.4, -0.2) is 35.9 Å². The lowest BCUT2D eigenvalue weighted by Crippen LogP contribution is -2.28. The van der Waals surface area contributed by atoms with Crippen LogP contribution in [0.25, 0.3) is 44.5 Å². The van der Waals surface area contributed by atoms with Crippen LogP contribution in [0.15, 0.2) is 96.3 Å². The number of rotatable bonds is 6. The summed E-state index contributed by atoms with van der Waals surface area (Å²) in [6.45, 7) is 3.49. The van der Waals surface area contributed by atoms with Crippen molar-refractivity contribution in [1.82, 2.24) is 15.0 Å². The number of sulfone groups is 1. The van der Waals surface area contributed by atoms with E-state index in [0.717, 1.165) is 50.1 Å². The maximum atomic E-state index is 12.7. The molecule has 0 amide bonds. The van der Waals surface area contributed by atoms with Crippen molar-refractivity contribution in [3.05, 3.63) is 97.0 Å². The van der Waals surface area contributed by atoms with E-state index in [1.165, 1.54) is 11.2 Å². The van der Waals surface area contributed by atoms with Gasteiger partial charge in [0.2, 0.25) is 0 Å². The van der Waals surface area contributed by atoms with E-state index in [4.69, 9.17) is 4.98 Å². The zero-order valence-corrected chi connectivity index (χ0v) is 22.8. The molecule has 2 aromatic heterocycles. The molecule has 0 aliphatic rings. The van der Waals surface area contributed by atoms with Gasteiger partial charge in [-0.3, -0.25) is 15.0 Å². The van der Waals surface area contributed by atoms with Crippen molar-refractivity contribution in [2.45, 2.75) is 23.5 Å². The molecule has 186 valence electrons. The first kappa shape index (κ1) is 25.1. The van der Waals surface area contributed by atoms with Crippen LogP contribution < -0.4 is 0 Å². The van der Waals surface area contributed by atoms with Gasteiger partial charge in [0.05, 0.1) is 21.7 Å². The SMILES string of the molecule is CSc1ccc(-c2nccnc2-c2cccc(-c3cc(C(C)(C)S(C)(=O)=O)cc4cccnc34)c2)cc1.